The summed E-state index contributed by atoms with van der Waals surface area (Å²) in [6.45, 7) is 4.53. The minimum Gasteiger partial charge on any atom is -0.0843 e. The molecule has 0 saturated carbocycles. The minimum absolute atomic E-state index is 0.639. The van der Waals surface area contributed by atoms with Crippen LogP contribution in [0.25, 0.3) is 11.1 Å². The zero-order valence-corrected chi connectivity index (χ0v) is 12.5. The van der Waals surface area contributed by atoms with E-state index in [2.05, 4.69) is 50.2 Å². The number of benzene rings is 2. The summed E-state index contributed by atoms with van der Waals surface area (Å²) in [5.74, 6) is 0.639. The molecule has 2 aromatic rings. The van der Waals surface area contributed by atoms with Crippen molar-refractivity contribution in [2.45, 2.75) is 39.0 Å². The Kier molecular flexibility index (Phi) is 5.04. The molecule has 0 aliphatic rings. The van der Waals surface area contributed by atoms with Crippen LogP contribution >= 0.6 is 11.6 Å². The number of halogens is 1. The number of hydrogen-bond acceptors (Lipinski definition) is 0. The van der Waals surface area contributed by atoms with Crippen molar-refractivity contribution in [1.29, 1.82) is 0 Å². The third-order valence-electron chi connectivity index (χ3n) is 3.67. The van der Waals surface area contributed by atoms with Crippen LogP contribution in [0.2, 0.25) is 5.02 Å². The summed E-state index contributed by atoms with van der Waals surface area (Å²) in [7, 11) is 0. The highest BCUT2D eigenvalue weighted by molar-refractivity contribution is 6.30. The van der Waals surface area contributed by atoms with Crippen molar-refractivity contribution in [1.82, 2.24) is 0 Å². The Hall–Kier alpha value is -1.27. The molecule has 0 bridgehead atoms. The van der Waals surface area contributed by atoms with Gasteiger partial charge in [0.15, 0.2) is 0 Å². The Morgan fingerprint density at radius 1 is 1.00 bits per heavy atom. The maximum atomic E-state index is 6.12. The first kappa shape index (κ1) is 14.1. The Balaban J connectivity index is 2.46. The van der Waals surface area contributed by atoms with Crippen LogP contribution in [-0.4, -0.2) is 0 Å². The van der Waals surface area contributed by atoms with E-state index in [0.717, 1.165) is 5.02 Å². The van der Waals surface area contributed by atoms with E-state index in [1.54, 1.807) is 0 Å². The van der Waals surface area contributed by atoms with Gasteiger partial charge in [0.05, 0.1) is 0 Å². The van der Waals surface area contributed by atoms with Crippen molar-refractivity contribution in [3.8, 4) is 11.1 Å². The molecule has 0 nitrogen and oxygen atoms in total. The van der Waals surface area contributed by atoms with Crippen LogP contribution in [0.15, 0.2) is 48.5 Å². The molecule has 0 heterocycles. The Morgan fingerprint density at radius 2 is 1.79 bits per heavy atom. The summed E-state index contributed by atoms with van der Waals surface area (Å²) >= 11 is 6.12. The molecule has 0 N–H and O–H groups in total. The molecule has 0 aliphatic heterocycles. The first-order valence-corrected chi connectivity index (χ1v) is 7.49. The summed E-state index contributed by atoms with van der Waals surface area (Å²) in [6.07, 6.45) is 3.65. The maximum absolute atomic E-state index is 6.12. The number of hydrogen-bond donors (Lipinski definition) is 0. The molecule has 0 aromatic heterocycles. The average molecular weight is 273 g/mol. The van der Waals surface area contributed by atoms with Crippen molar-refractivity contribution in [3.05, 3.63) is 59.1 Å². The lowest BCUT2D eigenvalue weighted by Crippen LogP contribution is -1.99. The van der Waals surface area contributed by atoms with Crippen molar-refractivity contribution >= 4 is 11.6 Å². The first-order valence-electron chi connectivity index (χ1n) is 7.11. The predicted molar refractivity (Wildman–Crippen MR) is 84.8 cm³/mol. The second-order valence-electron chi connectivity index (χ2n) is 4.99. The van der Waals surface area contributed by atoms with Crippen LogP contribution in [0.1, 0.15) is 44.6 Å². The average Bonchev–Trinajstić information content (AvgIpc) is 2.45. The summed E-state index contributed by atoms with van der Waals surface area (Å²) in [5, 5.41) is 0.802. The van der Waals surface area contributed by atoms with Crippen molar-refractivity contribution in [3.63, 3.8) is 0 Å². The maximum Gasteiger partial charge on any atom is 0.0412 e. The molecule has 2 rings (SSSR count). The van der Waals surface area contributed by atoms with Gasteiger partial charge in [0.25, 0.3) is 0 Å². The molecule has 0 amide bonds. The third kappa shape index (κ3) is 3.39. The third-order valence-corrected chi connectivity index (χ3v) is 3.90. The van der Waals surface area contributed by atoms with E-state index in [0.29, 0.717) is 5.92 Å². The molecule has 0 fully saturated rings. The van der Waals surface area contributed by atoms with Crippen LogP contribution in [0.3, 0.4) is 0 Å². The van der Waals surface area contributed by atoms with Gasteiger partial charge in [-0.2, -0.15) is 0 Å². The van der Waals surface area contributed by atoms with Crippen molar-refractivity contribution in [2.24, 2.45) is 0 Å². The van der Waals surface area contributed by atoms with Gasteiger partial charge in [-0.05, 0) is 47.6 Å². The molecule has 100 valence electrons. The molecular formula is C18H21Cl. The summed E-state index contributed by atoms with van der Waals surface area (Å²) in [4.78, 5) is 0. The summed E-state index contributed by atoms with van der Waals surface area (Å²) < 4.78 is 0. The zero-order chi connectivity index (χ0) is 13.7. The second-order valence-corrected chi connectivity index (χ2v) is 5.43. The standard InChI is InChI=1S/C18H21Cl/c1-3-8-14(4-2)17-11-5-6-12-18(17)15-9-7-10-16(19)13-15/h5-7,9-14H,3-4,8H2,1-2H3. The highest BCUT2D eigenvalue weighted by Crippen LogP contribution is 2.34. The van der Waals surface area contributed by atoms with Gasteiger partial charge in [0.2, 0.25) is 0 Å². The van der Waals surface area contributed by atoms with Gasteiger partial charge in [0, 0.05) is 5.02 Å². The lowest BCUT2D eigenvalue weighted by Gasteiger charge is -2.19. The van der Waals surface area contributed by atoms with E-state index in [1.807, 2.05) is 12.1 Å². The van der Waals surface area contributed by atoms with Gasteiger partial charge in [-0.3, -0.25) is 0 Å². The van der Waals surface area contributed by atoms with Crippen LogP contribution in [0, 0.1) is 0 Å². The zero-order valence-electron chi connectivity index (χ0n) is 11.7. The van der Waals surface area contributed by atoms with Gasteiger partial charge >= 0.3 is 0 Å². The fourth-order valence-electron chi connectivity index (χ4n) is 2.70. The van der Waals surface area contributed by atoms with Gasteiger partial charge in [-0.25, -0.2) is 0 Å². The molecule has 2 aromatic carbocycles. The van der Waals surface area contributed by atoms with E-state index in [-0.39, 0.29) is 0 Å². The molecule has 0 spiro atoms. The van der Waals surface area contributed by atoms with Gasteiger partial charge in [-0.1, -0.05) is 68.3 Å². The normalized spacial score (nSPS) is 12.4. The molecule has 0 radical (unpaired) electrons. The molecule has 0 aliphatic carbocycles. The first-order chi connectivity index (χ1) is 9.26. The Bertz CT molecular complexity index is 531. The van der Waals surface area contributed by atoms with Crippen molar-refractivity contribution in [2.75, 3.05) is 0 Å². The van der Waals surface area contributed by atoms with E-state index >= 15 is 0 Å². The molecule has 0 saturated heterocycles. The van der Waals surface area contributed by atoms with Crippen LogP contribution in [-0.2, 0) is 0 Å². The monoisotopic (exact) mass is 272 g/mol. The Morgan fingerprint density at radius 3 is 2.47 bits per heavy atom. The quantitative estimate of drug-likeness (QED) is 0.599. The predicted octanol–water partition coefficient (Wildman–Crippen LogP) is 6.30. The molecular weight excluding hydrogens is 252 g/mol. The van der Waals surface area contributed by atoms with Crippen LogP contribution in [0.4, 0.5) is 0 Å². The second kappa shape index (κ2) is 6.77. The minimum atomic E-state index is 0.639. The smallest absolute Gasteiger partial charge is 0.0412 e. The molecule has 19 heavy (non-hydrogen) atoms. The largest absolute Gasteiger partial charge is 0.0843 e. The molecule has 1 unspecified atom stereocenters. The lowest BCUT2D eigenvalue weighted by molar-refractivity contribution is 0.597. The van der Waals surface area contributed by atoms with Crippen molar-refractivity contribution < 1.29 is 0 Å². The van der Waals surface area contributed by atoms with E-state index < -0.39 is 0 Å². The van der Waals surface area contributed by atoms with E-state index in [1.165, 1.54) is 36.0 Å². The van der Waals surface area contributed by atoms with Gasteiger partial charge < -0.3 is 0 Å². The summed E-state index contributed by atoms with van der Waals surface area (Å²) in [5.41, 5.74) is 4.00. The highest BCUT2D eigenvalue weighted by Gasteiger charge is 2.13. The SMILES string of the molecule is CCCC(CC)c1ccccc1-c1cccc(Cl)c1. The molecule has 1 atom stereocenters. The number of rotatable bonds is 5. The summed E-state index contributed by atoms with van der Waals surface area (Å²) in [6, 6.07) is 16.9. The highest BCUT2D eigenvalue weighted by atomic mass is 35.5. The van der Waals surface area contributed by atoms with Crippen LogP contribution < -0.4 is 0 Å². The van der Waals surface area contributed by atoms with E-state index in [4.69, 9.17) is 11.6 Å². The van der Waals surface area contributed by atoms with Crippen LogP contribution in [0.5, 0.6) is 0 Å². The van der Waals surface area contributed by atoms with E-state index in [9.17, 15) is 0 Å². The fraction of sp³-hybridized carbons (Fsp3) is 0.333. The van der Waals surface area contributed by atoms with Gasteiger partial charge in [0.1, 0.15) is 0 Å². The lowest BCUT2D eigenvalue weighted by atomic mass is 9.86. The topological polar surface area (TPSA) is 0 Å². The molecule has 1 heteroatoms. The Labute approximate surface area is 121 Å². The fourth-order valence-corrected chi connectivity index (χ4v) is 2.89. The van der Waals surface area contributed by atoms with Gasteiger partial charge in [-0.15, -0.1) is 0 Å².